The summed E-state index contributed by atoms with van der Waals surface area (Å²) in [5.74, 6) is 0.878. The van der Waals surface area contributed by atoms with Crippen LogP contribution in [0.25, 0.3) is 0 Å². The van der Waals surface area contributed by atoms with Crippen molar-refractivity contribution in [2.45, 2.75) is 56.1 Å². The maximum Gasteiger partial charge on any atom is 0.230 e. The van der Waals surface area contributed by atoms with Crippen molar-refractivity contribution in [2.24, 2.45) is 11.8 Å². The second-order valence-electron chi connectivity index (χ2n) is 8.06. The van der Waals surface area contributed by atoms with Crippen molar-refractivity contribution in [1.82, 2.24) is 5.32 Å². The molecule has 0 unspecified atom stereocenters. The summed E-state index contributed by atoms with van der Waals surface area (Å²) < 4.78 is 11.2. The molecule has 5 heteroatoms. The molecule has 1 aromatic rings. The van der Waals surface area contributed by atoms with Crippen LogP contribution < -0.4 is 5.32 Å². The Morgan fingerprint density at radius 2 is 2.00 bits per heavy atom. The molecule has 1 saturated heterocycles. The summed E-state index contributed by atoms with van der Waals surface area (Å²) in [6, 6.07) is 8.03. The highest BCUT2D eigenvalue weighted by Crippen LogP contribution is 2.45. The molecule has 1 aromatic carbocycles. The van der Waals surface area contributed by atoms with Crippen LogP contribution in [0.1, 0.15) is 44.1 Å². The molecule has 0 radical (unpaired) electrons. The first-order chi connectivity index (χ1) is 12.7. The van der Waals surface area contributed by atoms with Crippen molar-refractivity contribution < 1.29 is 14.3 Å². The molecule has 0 spiro atoms. The molecule has 1 N–H and O–H groups in total. The van der Waals surface area contributed by atoms with E-state index in [0.29, 0.717) is 17.5 Å². The molecule has 4 nitrogen and oxygen atoms in total. The fourth-order valence-corrected chi connectivity index (χ4v) is 5.42. The first-order valence-electron chi connectivity index (χ1n) is 9.83. The van der Waals surface area contributed by atoms with E-state index in [1.807, 2.05) is 24.3 Å². The van der Waals surface area contributed by atoms with Crippen molar-refractivity contribution >= 4 is 17.5 Å². The Kier molecular flexibility index (Phi) is 5.27. The Morgan fingerprint density at radius 1 is 1.27 bits per heavy atom. The van der Waals surface area contributed by atoms with Crippen molar-refractivity contribution in [2.75, 3.05) is 20.3 Å². The van der Waals surface area contributed by atoms with Gasteiger partial charge in [-0.05, 0) is 37.0 Å². The molecule has 4 rings (SSSR count). The second-order valence-corrected chi connectivity index (χ2v) is 8.49. The average molecular weight is 378 g/mol. The van der Waals surface area contributed by atoms with Gasteiger partial charge in [-0.15, -0.1) is 0 Å². The number of benzene rings is 1. The summed E-state index contributed by atoms with van der Waals surface area (Å²) in [6.07, 6.45) is 6.49. The lowest BCUT2D eigenvalue weighted by Crippen LogP contribution is -2.65. The predicted octanol–water partition coefficient (Wildman–Crippen LogP) is 3.71. The highest BCUT2D eigenvalue weighted by molar-refractivity contribution is 6.30. The van der Waals surface area contributed by atoms with E-state index in [4.69, 9.17) is 21.1 Å². The van der Waals surface area contributed by atoms with Gasteiger partial charge in [0, 0.05) is 36.6 Å². The number of nitrogens with one attached hydrogen (secondary N) is 1. The normalized spacial score (nSPS) is 32.5. The van der Waals surface area contributed by atoms with Crippen molar-refractivity contribution in [3.63, 3.8) is 0 Å². The minimum atomic E-state index is -0.426. The lowest BCUT2D eigenvalue weighted by Gasteiger charge is -2.49. The molecule has 4 atom stereocenters. The molecule has 1 heterocycles. The van der Waals surface area contributed by atoms with Gasteiger partial charge in [0.25, 0.3) is 0 Å². The number of carbonyl (C=O) groups excluding carboxylic acids is 1. The van der Waals surface area contributed by atoms with Gasteiger partial charge < -0.3 is 14.8 Å². The first kappa shape index (κ1) is 18.3. The summed E-state index contributed by atoms with van der Waals surface area (Å²) in [5.41, 5.74) is 0.673. The van der Waals surface area contributed by atoms with Crippen LogP contribution in [0.5, 0.6) is 0 Å². The quantitative estimate of drug-likeness (QED) is 0.850. The summed E-state index contributed by atoms with van der Waals surface area (Å²) in [6.45, 7) is 1.43. The topological polar surface area (TPSA) is 47.6 Å². The molecule has 2 aliphatic carbocycles. The molecule has 3 fully saturated rings. The Bertz CT molecular complexity index is 641. The van der Waals surface area contributed by atoms with Gasteiger partial charge in [0.05, 0.1) is 18.1 Å². The fourth-order valence-electron chi connectivity index (χ4n) is 5.30. The molecular weight excluding hydrogens is 350 g/mol. The van der Waals surface area contributed by atoms with Crippen LogP contribution in [0, 0.1) is 11.8 Å². The van der Waals surface area contributed by atoms with Crippen LogP contribution in [0.2, 0.25) is 5.02 Å². The third-order valence-electron chi connectivity index (χ3n) is 6.72. The van der Waals surface area contributed by atoms with E-state index in [1.165, 1.54) is 6.42 Å². The number of carbonyl (C=O) groups is 1. The maximum atomic E-state index is 13.5. The molecule has 2 saturated carbocycles. The van der Waals surface area contributed by atoms with E-state index >= 15 is 0 Å². The minimum absolute atomic E-state index is 0.168. The van der Waals surface area contributed by atoms with Gasteiger partial charge >= 0.3 is 0 Å². The van der Waals surface area contributed by atoms with Crippen LogP contribution in [0.4, 0.5) is 0 Å². The molecule has 0 aromatic heterocycles. The number of fused-ring (bicyclic) bond motifs is 1. The van der Waals surface area contributed by atoms with Crippen LogP contribution in [0.15, 0.2) is 24.3 Å². The molecule has 1 aliphatic heterocycles. The molecule has 3 aliphatic rings. The number of ether oxygens (including phenoxy) is 2. The van der Waals surface area contributed by atoms with Crippen LogP contribution >= 0.6 is 11.6 Å². The molecular formula is C21H28ClNO3. The van der Waals surface area contributed by atoms with Gasteiger partial charge in [-0.1, -0.05) is 43.0 Å². The molecule has 26 heavy (non-hydrogen) atoms. The van der Waals surface area contributed by atoms with Gasteiger partial charge in [-0.2, -0.15) is 0 Å². The number of hydrogen-bond donors (Lipinski definition) is 1. The Morgan fingerprint density at radius 3 is 2.69 bits per heavy atom. The Hall–Kier alpha value is -1.10. The molecule has 0 bridgehead atoms. The smallest absolute Gasteiger partial charge is 0.230 e. The number of hydrogen-bond acceptors (Lipinski definition) is 3. The highest BCUT2D eigenvalue weighted by Gasteiger charge is 2.55. The number of rotatable bonds is 5. The highest BCUT2D eigenvalue weighted by atomic mass is 35.5. The monoisotopic (exact) mass is 377 g/mol. The van der Waals surface area contributed by atoms with Gasteiger partial charge in [0.15, 0.2) is 0 Å². The third kappa shape index (κ3) is 3.06. The zero-order chi connectivity index (χ0) is 18.1. The largest absolute Gasteiger partial charge is 0.384 e. The van der Waals surface area contributed by atoms with Gasteiger partial charge in [0.1, 0.15) is 0 Å². The van der Waals surface area contributed by atoms with Crippen LogP contribution in [-0.4, -0.2) is 38.4 Å². The van der Waals surface area contributed by atoms with Crippen LogP contribution in [0.3, 0.4) is 0 Å². The lowest BCUT2D eigenvalue weighted by molar-refractivity contribution is -0.136. The van der Waals surface area contributed by atoms with Gasteiger partial charge in [-0.25, -0.2) is 0 Å². The van der Waals surface area contributed by atoms with Crippen molar-refractivity contribution in [3.05, 3.63) is 34.9 Å². The van der Waals surface area contributed by atoms with E-state index in [9.17, 15) is 4.79 Å². The number of methoxy groups -OCH3 is 1. The van der Waals surface area contributed by atoms with Gasteiger partial charge in [0.2, 0.25) is 5.91 Å². The van der Waals surface area contributed by atoms with Gasteiger partial charge in [-0.3, -0.25) is 4.79 Å². The fraction of sp³-hybridized carbons (Fsp3) is 0.667. The zero-order valence-corrected chi connectivity index (χ0v) is 16.1. The molecule has 142 valence electrons. The summed E-state index contributed by atoms with van der Waals surface area (Å²) in [4.78, 5) is 13.5. The average Bonchev–Trinajstić information content (AvgIpc) is 3.09. The Balaban J connectivity index is 1.56. The second kappa shape index (κ2) is 7.49. The standard InChI is InChI=1S/C21H28ClNO3/c1-25-13-17-18(16-9-12-26-19(16)17)23-20(24)21(10-3-2-4-11-21)14-5-7-15(22)8-6-14/h5-8,16-19H,2-4,9-13H2,1H3,(H,23,24)/t16-,17+,18-,19-/m0/s1. The zero-order valence-electron chi connectivity index (χ0n) is 15.4. The van der Waals surface area contributed by atoms with E-state index in [1.54, 1.807) is 7.11 Å². The van der Waals surface area contributed by atoms with Crippen molar-refractivity contribution in [1.29, 1.82) is 0 Å². The van der Waals surface area contributed by atoms with E-state index < -0.39 is 5.41 Å². The third-order valence-corrected chi connectivity index (χ3v) is 6.98. The predicted molar refractivity (Wildman–Crippen MR) is 101 cm³/mol. The van der Waals surface area contributed by atoms with Crippen LogP contribution in [-0.2, 0) is 19.7 Å². The maximum absolute atomic E-state index is 13.5. The van der Waals surface area contributed by atoms with Crippen molar-refractivity contribution in [3.8, 4) is 0 Å². The summed E-state index contributed by atoms with van der Waals surface area (Å²) in [7, 11) is 1.72. The number of halogens is 1. The SMILES string of the molecule is COC[C@@H]1[C@@H](NC(=O)C2(c3ccc(Cl)cc3)CCCCC2)[C@@H]2CCO[C@H]12. The number of amides is 1. The van der Waals surface area contributed by atoms with E-state index in [-0.39, 0.29) is 24.0 Å². The van der Waals surface area contributed by atoms with E-state index in [0.717, 1.165) is 44.3 Å². The minimum Gasteiger partial charge on any atom is -0.384 e. The van der Waals surface area contributed by atoms with E-state index in [2.05, 4.69) is 5.32 Å². The summed E-state index contributed by atoms with van der Waals surface area (Å²) in [5, 5.41) is 4.13. The summed E-state index contributed by atoms with van der Waals surface area (Å²) >= 11 is 6.08. The first-order valence-corrected chi connectivity index (χ1v) is 10.2. The lowest BCUT2D eigenvalue weighted by atomic mass is 9.65. The molecule has 1 amide bonds. The Labute approximate surface area is 160 Å².